The van der Waals surface area contributed by atoms with Crippen LogP contribution in [-0.2, 0) is 15.7 Å². The quantitative estimate of drug-likeness (QED) is 0.367. The minimum atomic E-state index is -4.65. The van der Waals surface area contributed by atoms with E-state index in [1.807, 2.05) is 0 Å². The number of aliphatic hydroxyl groups excluding tert-OH is 4. The number of halogens is 4. The van der Waals surface area contributed by atoms with Crippen LogP contribution in [0.3, 0.4) is 0 Å². The molecule has 0 aliphatic carbocycles. The molecular formula is C26H26ClF3N2O7. The second-order valence-electron chi connectivity index (χ2n) is 9.25. The van der Waals surface area contributed by atoms with Crippen molar-refractivity contribution < 1.29 is 47.9 Å². The van der Waals surface area contributed by atoms with Crippen molar-refractivity contribution in [1.82, 2.24) is 4.98 Å². The van der Waals surface area contributed by atoms with E-state index in [9.17, 15) is 38.4 Å². The van der Waals surface area contributed by atoms with Crippen LogP contribution in [0.15, 0.2) is 36.4 Å². The molecular weight excluding hydrogens is 545 g/mol. The number of rotatable bonds is 5. The number of anilines is 1. The number of carbonyl (C=O) groups is 1. The Morgan fingerprint density at radius 3 is 2.44 bits per heavy atom. The molecule has 1 aliphatic rings. The molecule has 39 heavy (non-hydrogen) atoms. The number of aryl methyl sites for hydroxylation is 2. The number of ether oxygens (including phenoxy) is 2. The average Bonchev–Trinajstić information content (AvgIpc) is 2.85. The van der Waals surface area contributed by atoms with Crippen LogP contribution in [0.5, 0.6) is 11.5 Å². The average molecular weight is 571 g/mol. The predicted molar refractivity (Wildman–Crippen MR) is 135 cm³/mol. The third-order valence-corrected chi connectivity index (χ3v) is 6.68. The van der Waals surface area contributed by atoms with Crippen LogP contribution in [0.25, 0.3) is 10.9 Å². The van der Waals surface area contributed by atoms with Crippen molar-refractivity contribution in [3.8, 4) is 11.5 Å². The second kappa shape index (κ2) is 10.9. The lowest BCUT2D eigenvalue weighted by Crippen LogP contribution is -2.64. The molecule has 4 rings (SSSR count). The highest BCUT2D eigenvalue weighted by atomic mass is 35.5. The number of amides is 1. The monoisotopic (exact) mass is 570 g/mol. The summed E-state index contributed by atoms with van der Waals surface area (Å²) in [5, 5.41) is 41.3. The Kier molecular flexibility index (Phi) is 8.08. The molecule has 13 heteroatoms. The molecule has 3 aromatic rings. The summed E-state index contributed by atoms with van der Waals surface area (Å²) in [6, 6.07) is 7.08. The van der Waals surface area contributed by atoms with Crippen LogP contribution < -0.4 is 9.64 Å². The van der Waals surface area contributed by atoms with E-state index in [0.717, 1.165) is 30.0 Å². The number of fused-ring (bicyclic) bond motifs is 1. The standard InChI is InChI=1S/C26H26ClF3N2O7/c1-11-7-12(2)31-20-16(27)9-17(24(19(11)20)38-15-6-4-5-14(8-15)26(28,29)30)32(13(3)34)25-23(37)22(36)21(35)18(10-33)39-25/h4-9,18,21-23,25,33,35-37H,10H2,1-3H3/t18-,21+,22+,23+,25-/m1/s1. The van der Waals surface area contributed by atoms with E-state index in [0.29, 0.717) is 11.3 Å². The fourth-order valence-electron chi connectivity index (χ4n) is 4.60. The number of hydrogen-bond acceptors (Lipinski definition) is 8. The lowest BCUT2D eigenvalue weighted by atomic mass is 9.97. The van der Waals surface area contributed by atoms with E-state index >= 15 is 0 Å². The summed E-state index contributed by atoms with van der Waals surface area (Å²) >= 11 is 6.56. The van der Waals surface area contributed by atoms with Gasteiger partial charge in [-0.05, 0) is 49.7 Å². The molecule has 5 atom stereocenters. The Balaban J connectivity index is 1.97. The Morgan fingerprint density at radius 2 is 1.82 bits per heavy atom. The van der Waals surface area contributed by atoms with Crippen molar-refractivity contribution in [2.45, 2.75) is 57.6 Å². The van der Waals surface area contributed by atoms with Gasteiger partial charge in [0.15, 0.2) is 12.0 Å². The highest BCUT2D eigenvalue weighted by Crippen LogP contribution is 2.46. The molecule has 1 saturated heterocycles. The van der Waals surface area contributed by atoms with Gasteiger partial charge < -0.3 is 29.9 Å². The summed E-state index contributed by atoms with van der Waals surface area (Å²) in [5.74, 6) is -1.07. The topological polar surface area (TPSA) is 133 Å². The maximum atomic E-state index is 13.4. The number of nitrogens with zero attached hydrogens (tertiary/aromatic N) is 2. The van der Waals surface area contributed by atoms with Crippen molar-refractivity contribution in [3.63, 3.8) is 0 Å². The Labute approximate surface area is 226 Å². The van der Waals surface area contributed by atoms with Gasteiger partial charge >= 0.3 is 6.18 Å². The number of alkyl halides is 3. The van der Waals surface area contributed by atoms with Gasteiger partial charge in [0.1, 0.15) is 30.2 Å². The van der Waals surface area contributed by atoms with Crippen molar-refractivity contribution in [2.75, 3.05) is 11.5 Å². The van der Waals surface area contributed by atoms with Gasteiger partial charge in [0.2, 0.25) is 5.91 Å². The fraction of sp³-hybridized carbons (Fsp3) is 0.385. The van der Waals surface area contributed by atoms with Gasteiger partial charge in [-0.2, -0.15) is 13.2 Å². The number of aliphatic hydroxyl groups is 4. The summed E-state index contributed by atoms with van der Waals surface area (Å²) in [7, 11) is 0. The Morgan fingerprint density at radius 1 is 1.13 bits per heavy atom. The number of pyridine rings is 1. The summed E-state index contributed by atoms with van der Waals surface area (Å²) in [5.41, 5.74) is 0.327. The predicted octanol–water partition coefficient (Wildman–Crippen LogP) is 3.47. The van der Waals surface area contributed by atoms with Gasteiger partial charge in [0.05, 0.1) is 28.4 Å². The summed E-state index contributed by atoms with van der Waals surface area (Å²) in [6.45, 7) is 3.79. The summed E-state index contributed by atoms with van der Waals surface area (Å²) in [4.78, 5) is 18.3. The lowest BCUT2D eigenvalue weighted by Gasteiger charge is -2.44. The van der Waals surface area contributed by atoms with E-state index in [-0.39, 0.29) is 33.1 Å². The number of benzene rings is 2. The van der Waals surface area contributed by atoms with Crippen LogP contribution in [0.2, 0.25) is 5.02 Å². The zero-order valence-electron chi connectivity index (χ0n) is 21.0. The van der Waals surface area contributed by atoms with E-state index in [1.165, 1.54) is 12.1 Å². The van der Waals surface area contributed by atoms with Gasteiger partial charge in [0.25, 0.3) is 0 Å². The van der Waals surface area contributed by atoms with Crippen molar-refractivity contribution in [1.29, 1.82) is 0 Å². The maximum absolute atomic E-state index is 13.4. The molecule has 2 heterocycles. The lowest BCUT2D eigenvalue weighted by molar-refractivity contribution is -0.228. The highest BCUT2D eigenvalue weighted by molar-refractivity contribution is 6.36. The van der Waals surface area contributed by atoms with Crippen LogP contribution in [0, 0.1) is 13.8 Å². The smallest absolute Gasteiger partial charge is 0.416 e. The minimum Gasteiger partial charge on any atom is -0.454 e. The van der Waals surface area contributed by atoms with Gasteiger partial charge in [-0.25, -0.2) is 0 Å². The molecule has 1 fully saturated rings. The van der Waals surface area contributed by atoms with Crippen LogP contribution in [0.1, 0.15) is 23.7 Å². The van der Waals surface area contributed by atoms with Gasteiger partial charge in [-0.3, -0.25) is 14.7 Å². The van der Waals surface area contributed by atoms with Crippen LogP contribution >= 0.6 is 11.6 Å². The van der Waals surface area contributed by atoms with Crippen molar-refractivity contribution in [2.24, 2.45) is 0 Å². The molecule has 210 valence electrons. The molecule has 0 radical (unpaired) electrons. The van der Waals surface area contributed by atoms with E-state index in [4.69, 9.17) is 21.1 Å². The molecule has 0 bridgehead atoms. The van der Waals surface area contributed by atoms with Crippen LogP contribution in [-0.4, -0.2) is 68.6 Å². The van der Waals surface area contributed by atoms with Gasteiger partial charge in [-0.1, -0.05) is 17.7 Å². The molecule has 9 nitrogen and oxygen atoms in total. The molecule has 1 aliphatic heterocycles. The highest BCUT2D eigenvalue weighted by Gasteiger charge is 2.47. The van der Waals surface area contributed by atoms with Gasteiger partial charge in [0, 0.05) is 18.0 Å². The van der Waals surface area contributed by atoms with E-state index in [1.54, 1.807) is 19.9 Å². The fourth-order valence-corrected chi connectivity index (χ4v) is 4.84. The largest absolute Gasteiger partial charge is 0.454 e. The Hall–Kier alpha value is -3.00. The third kappa shape index (κ3) is 5.53. The first-order valence-corrected chi connectivity index (χ1v) is 12.2. The van der Waals surface area contributed by atoms with Crippen LogP contribution in [0.4, 0.5) is 18.9 Å². The molecule has 4 N–H and O–H groups in total. The number of aromatic nitrogens is 1. The first-order chi connectivity index (χ1) is 18.2. The molecule has 2 aromatic carbocycles. The maximum Gasteiger partial charge on any atom is 0.416 e. The van der Waals surface area contributed by atoms with E-state index in [2.05, 4.69) is 4.98 Å². The first kappa shape index (κ1) is 29.0. The number of hydrogen-bond donors (Lipinski definition) is 4. The molecule has 0 unspecified atom stereocenters. The molecule has 0 saturated carbocycles. The number of carbonyl (C=O) groups excluding carboxylic acids is 1. The SMILES string of the molecule is CC(=O)N(c1cc(Cl)c2nc(C)cc(C)c2c1Oc1cccc(C(F)(F)F)c1)[C@@H]1O[C@H](CO)[C@H](O)[C@H](O)[C@@H]1O. The first-order valence-electron chi connectivity index (χ1n) is 11.8. The normalized spacial score (nSPS) is 23.6. The van der Waals surface area contributed by atoms with Gasteiger partial charge in [-0.15, -0.1) is 0 Å². The Bertz CT molecular complexity index is 1400. The molecule has 1 amide bonds. The van der Waals surface area contributed by atoms with Crippen molar-refractivity contribution >= 4 is 34.1 Å². The minimum absolute atomic E-state index is 0.0547. The van der Waals surface area contributed by atoms with E-state index < -0.39 is 54.9 Å². The molecule has 1 aromatic heterocycles. The summed E-state index contributed by atoms with van der Waals surface area (Å²) < 4.78 is 51.9. The third-order valence-electron chi connectivity index (χ3n) is 6.40. The zero-order chi connectivity index (χ0) is 28.8. The summed E-state index contributed by atoms with van der Waals surface area (Å²) in [6.07, 6.45) is -13.0. The second-order valence-corrected chi connectivity index (χ2v) is 9.65. The zero-order valence-corrected chi connectivity index (χ0v) is 21.7. The molecule has 0 spiro atoms. The van der Waals surface area contributed by atoms with Crippen molar-refractivity contribution in [3.05, 3.63) is 58.2 Å².